The highest BCUT2D eigenvalue weighted by molar-refractivity contribution is 7.71. The Balaban J connectivity index is 2.57. The second kappa shape index (κ2) is 2.60. The monoisotopic (exact) mass is 181 g/mol. The van der Waals surface area contributed by atoms with Crippen molar-refractivity contribution in [3.05, 3.63) is 22.7 Å². The summed E-state index contributed by atoms with van der Waals surface area (Å²) < 4.78 is 5.63. The number of aryl methyl sites for hydroxylation is 1. The zero-order valence-electron chi connectivity index (χ0n) is 6.42. The molecule has 2 N–H and O–H groups in total. The van der Waals surface area contributed by atoms with Gasteiger partial charge in [0.15, 0.2) is 11.6 Å². The van der Waals surface area contributed by atoms with Crippen LogP contribution < -0.4 is 0 Å². The van der Waals surface area contributed by atoms with Crippen LogP contribution in [-0.2, 0) is 0 Å². The molecule has 2 rings (SSSR count). The predicted molar refractivity (Wildman–Crippen MR) is 46.2 cm³/mol. The van der Waals surface area contributed by atoms with Gasteiger partial charge in [0, 0.05) is 0 Å². The lowest BCUT2D eigenvalue weighted by atomic mass is 10.3. The molecule has 0 fully saturated rings. The van der Waals surface area contributed by atoms with E-state index in [-0.39, 0.29) is 0 Å². The summed E-state index contributed by atoms with van der Waals surface area (Å²) in [6.45, 7) is 1.95. The quantitative estimate of drug-likeness (QED) is 0.662. The molecule has 0 aromatic carbocycles. The van der Waals surface area contributed by atoms with Crippen LogP contribution in [0.3, 0.4) is 0 Å². The molecule has 12 heavy (non-hydrogen) atoms. The normalized spacial score (nSPS) is 10.4. The second-order valence-electron chi connectivity index (χ2n) is 2.45. The van der Waals surface area contributed by atoms with Gasteiger partial charge in [-0.05, 0) is 30.8 Å². The van der Waals surface area contributed by atoms with Crippen LogP contribution >= 0.6 is 12.2 Å². The summed E-state index contributed by atoms with van der Waals surface area (Å²) in [6, 6.07) is 1.88. The summed E-state index contributed by atoms with van der Waals surface area (Å²) >= 11 is 4.81. The number of hydrogen-bond acceptors (Lipinski definition) is 3. The van der Waals surface area contributed by atoms with Gasteiger partial charge in [0.25, 0.3) is 0 Å². The van der Waals surface area contributed by atoms with Crippen molar-refractivity contribution in [2.45, 2.75) is 6.92 Å². The first-order chi connectivity index (χ1) is 5.77. The third-order valence-electron chi connectivity index (χ3n) is 1.58. The molecule has 0 unspecified atom stereocenters. The number of aromatic amines is 2. The molecule has 0 amide bonds. The highest BCUT2D eigenvalue weighted by Gasteiger charge is 2.07. The van der Waals surface area contributed by atoms with Crippen LogP contribution in [0.15, 0.2) is 16.7 Å². The minimum Gasteiger partial charge on any atom is -0.461 e. The summed E-state index contributed by atoms with van der Waals surface area (Å²) in [4.78, 5) is 4.02. The number of H-pyrrole nitrogens is 2. The highest BCUT2D eigenvalue weighted by Crippen LogP contribution is 2.19. The largest absolute Gasteiger partial charge is 0.461 e. The first-order valence-corrected chi connectivity index (χ1v) is 3.87. The average molecular weight is 181 g/mol. The van der Waals surface area contributed by atoms with Gasteiger partial charge in [0.1, 0.15) is 0 Å². The van der Waals surface area contributed by atoms with Crippen molar-refractivity contribution in [3.63, 3.8) is 0 Å². The zero-order chi connectivity index (χ0) is 8.55. The Morgan fingerprint density at radius 2 is 2.33 bits per heavy atom. The van der Waals surface area contributed by atoms with E-state index in [0.717, 1.165) is 11.3 Å². The first-order valence-electron chi connectivity index (χ1n) is 3.46. The van der Waals surface area contributed by atoms with E-state index < -0.39 is 0 Å². The van der Waals surface area contributed by atoms with Gasteiger partial charge in [-0.15, -0.1) is 0 Å². The van der Waals surface area contributed by atoms with Gasteiger partial charge in [0.2, 0.25) is 4.77 Å². The summed E-state index contributed by atoms with van der Waals surface area (Å²) in [7, 11) is 0. The zero-order valence-corrected chi connectivity index (χ0v) is 7.23. The van der Waals surface area contributed by atoms with E-state index in [0.29, 0.717) is 10.6 Å². The minimum absolute atomic E-state index is 0.431. The van der Waals surface area contributed by atoms with E-state index in [9.17, 15) is 0 Å². The van der Waals surface area contributed by atoms with Gasteiger partial charge in [-0.25, -0.2) is 0 Å². The lowest BCUT2D eigenvalue weighted by Crippen LogP contribution is -1.79. The number of aromatic nitrogens is 3. The van der Waals surface area contributed by atoms with Gasteiger partial charge in [0.05, 0.1) is 6.26 Å². The lowest BCUT2D eigenvalue weighted by Gasteiger charge is -1.89. The molecule has 0 radical (unpaired) electrons. The Bertz CT molecular complexity index is 439. The number of nitrogens with zero attached hydrogens (tertiary/aromatic N) is 1. The summed E-state index contributed by atoms with van der Waals surface area (Å²) in [5.74, 6) is 1.37. The van der Waals surface area contributed by atoms with Crippen molar-refractivity contribution < 1.29 is 4.42 Å². The van der Waals surface area contributed by atoms with Gasteiger partial charge >= 0.3 is 0 Å². The predicted octanol–water partition coefficient (Wildman–Crippen LogP) is 2.04. The first kappa shape index (κ1) is 7.30. The third-order valence-corrected chi connectivity index (χ3v) is 1.77. The van der Waals surface area contributed by atoms with Crippen LogP contribution in [-0.4, -0.2) is 15.2 Å². The van der Waals surface area contributed by atoms with Crippen LogP contribution in [0.5, 0.6) is 0 Å². The molecular weight excluding hydrogens is 174 g/mol. The Morgan fingerprint density at radius 3 is 2.83 bits per heavy atom. The van der Waals surface area contributed by atoms with Gasteiger partial charge in [-0.2, -0.15) is 4.98 Å². The third kappa shape index (κ3) is 1.08. The SMILES string of the molecule is Cc1ccoc1-c1nc(=S)[nH][nH]1. The molecule has 62 valence electrons. The molecule has 2 aromatic rings. The van der Waals surface area contributed by atoms with Crippen molar-refractivity contribution in [1.29, 1.82) is 0 Å². The van der Waals surface area contributed by atoms with Crippen LogP contribution in [0.2, 0.25) is 0 Å². The molecular formula is C7H7N3OS. The molecule has 0 aliphatic carbocycles. The van der Waals surface area contributed by atoms with Crippen LogP contribution in [0, 0.1) is 11.7 Å². The number of hydrogen-bond donors (Lipinski definition) is 2. The van der Waals surface area contributed by atoms with Crippen molar-refractivity contribution >= 4 is 12.2 Å². The molecule has 0 spiro atoms. The Morgan fingerprint density at radius 1 is 1.50 bits per heavy atom. The van der Waals surface area contributed by atoms with Gasteiger partial charge in [-0.3, -0.25) is 10.2 Å². The fourth-order valence-electron chi connectivity index (χ4n) is 0.993. The van der Waals surface area contributed by atoms with Crippen molar-refractivity contribution in [3.8, 4) is 11.6 Å². The Kier molecular flexibility index (Phi) is 1.58. The molecule has 2 aromatic heterocycles. The summed E-state index contributed by atoms with van der Waals surface area (Å²) in [6.07, 6.45) is 1.62. The lowest BCUT2D eigenvalue weighted by molar-refractivity contribution is 0.576. The van der Waals surface area contributed by atoms with Gasteiger partial charge in [-0.1, -0.05) is 0 Å². The summed E-state index contributed by atoms with van der Waals surface area (Å²) in [5.41, 5.74) is 1.03. The molecule has 5 heteroatoms. The maximum absolute atomic E-state index is 5.20. The fraction of sp³-hybridized carbons (Fsp3) is 0.143. The van der Waals surface area contributed by atoms with E-state index in [1.807, 2.05) is 13.0 Å². The molecule has 2 heterocycles. The van der Waals surface area contributed by atoms with Crippen molar-refractivity contribution in [2.24, 2.45) is 0 Å². The van der Waals surface area contributed by atoms with E-state index >= 15 is 0 Å². The number of nitrogens with one attached hydrogen (secondary N) is 2. The smallest absolute Gasteiger partial charge is 0.213 e. The standard InChI is InChI=1S/C7H7N3OS/c1-4-2-3-11-5(4)6-8-7(12)10-9-6/h2-3H,1H3,(H2,8,9,10,12). The Labute approximate surface area is 73.6 Å². The molecule has 0 aliphatic rings. The highest BCUT2D eigenvalue weighted by atomic mass is 32.1. The van der Waals surface area contributed by atoms with Crippen LogP contribution in [0.25, 0.3) is 11.6 Å². The second-order valence-corrected chi connectivity index (χ2v) is 2.83. The average Bonchev–Trinajstić information content (AvgIpc) is 2.58. The van der Waals surface area contributed by atoms with E-state index in [1.54, 1.807) is 6.26 Å². The van der Waals surface area contributed by atoms with Crippen molar-refractivity contribution in [1.82, 2.24) is 15.2 Å². The molecule has 0 aliphatic heterocycles. The molecule has 0 saturated carbocycles. The molecule has 0 saturated heterocycles. The van der Waals surface area contributed by atoms with E-state index in [2.05, 4.69) is 15.2 Å². The van der Waals surface area contributed by atoms with Crippen molar-refractivity contribution in [2.75, 3.05) is 0 Å². The van der Waals surface area contributed by atoms with Crippen LogP contribution in [0.1, 0.15) is 5.56 Å². The number of furan rings is 1. The summed E-state index contributed by atoms with van der Waals surface area (Å²) in [5, 5.41) is 5.52. The molecule has 4 nitrogen and oxygen atoms in total. The molecule has 0 atom stereocenters. The van der Waals surface area contributed by atoms with Crippen LogP contribution in [0.4, 0.5) is 0 Å². The topological polar surface area (TPSA) is 57.6 Å². The van der Waals surface area contributed by atoms with Gasteiger partial charge < -0.3 is 4.42 Å². The maximum Gasteiger partial charge on any atom is 0.213 e. The Hall–Kier alpha value is -1.36. The maximum atomic E-state index is 5.20. The van der Waals surface area contributed by atoms with E-state index in [1.165, 1.54) is 0 Å². The minimum atomic E-state index is 0.431. The molecule has 0 bridgehead atoms. The number of rotatable bonds is 1. The fourth-order valence-corrected chi connectivity index (χ4v) is 1.14. The van der Waals surface area contributed by atoms with E-state index in [4.69, 9.17) is 16.6 Å².